The Morgan fingerprint density at radius 3 is 2.66 bits per heavy atom. The molecule has 0 saturated carbocycles. The smallest absolute Gasteiger partial charge is 0.305 e. The minimum absolute atomic E-state index is 0.0117. The lowest BCUT2D eigenvalue weighted by molar-refractivity contribution is -0.142. The molecule has 3 rings (SSSR count). The highest BCUT2D eigenvalue weighted by Gasteiger charge is 2.21. The minimum Gasteiger partial charge on any atom is -0.506 e. The molecule has 38 heavy (non-hydrogen) atoms. The number of nitrogens with one attached hydrogen (secondary N) is 2. The van der Waals surface area contributed by atoms with Crippen LogP contribution in [-0.2, 0) is 22.4 Å². The van der Waals surface area contributed by atoms with Crippen molar-refractivity contribution >= 4 is 39.1 Å². The van der Waals surface area contributed by atoms with E-state index in [1.54, 1.807) is 6.07 Å². The number of phenolic OH excluding ortho intramolecular Hbond substituents is 1. The van der Waals surface area contributed by atoms with Crippen LogP contribution in [0.25, 0.3) is 10.2 Å². The number of amides is 1. The van der Waals surface area contributed by atoms with Gasteiger partial charge in [-0.25, -0.2) is 0 Å². The van der Waals surface area contributed by atoms with Gasteiger partial charge in [-0.1, -0.05) is 55.0 Å². The van der Waals surface area contributed by atoms with Crippen molar-refractivity contribution in [1.82, 2.24) is 20.1 Å². The monoisotopic (exact) mass is 562 g/mol. The molecule has 0 saturated heterocycles. The summed E-state index contributed by atoms with van der Waals surface area (Å²) < 4.78 is 6.70. The zero-order valence-electron chi connectivity index (χ0n) is 22.5. The van der Waals surface area contributed by atoms with Crippen molar-refractivity contribution in [1.29, 1.82) is 0 Å². The number of halogens is 1. The molecule has 0 aliphatic heterocycles. The Balaban J connectivity index is 1.51. The van der Waals surface area contributed by atoms with E-state index >= 15 is 0 Å². The molecule has 0 fully saturated rings. The van der Waals surface area contributed by atoms with Crippen molar-refractivity contribution in [2.24, 2.45) is 0 Å². The van der Waals surface area contributed by atoms with E-state index in [1.165, 1.54) is 0 Å². The van der Waals surface area contributed by atoms with Gasteiger partial charge in [0.2, 0.25) is 0 Å². The number of aromatic hydroxyl groups is 1. The van der Waals surface area contributed by atoms with Gasteiger partial charge >= 0.3 is 4.87 Å². The van der Waals surface area contributed by atoms with Gasteiger partial charge in [-0.05, 0) is 68.7 Å². The van der Waals surface area contributed by atoms with E-state index in [-0.39, 0.29) is 16.5 Å². The zero-order chi connectivity index (χ0) is 27.5. The van der Waals surface area contributed by atoms with Crippen molar-refractivity contribution in [2.75, 3.05) is 52.4 Å². The third-order valence-corrected chi connectivity index (χ3v) is 7.85. The summed E-state index contributed by atoms with van der Waals surface area (Å²) >= 11 is 7.18. The van der Waals surface area contributed by atoms with Crippen LogP contribution in [0.15, 0.2) is 41.2 Å². The molecule has 1 aromatic heterocycles. The molecule has 0 aliphatic rings. The fourth-order valence-electron chi connectivity index (χ4n) is 4.34. The minimum atomic E-state index is -0.535. The molecule has 3 N–H and O–H groups in total. The summed E-state index contributed by atoms with van der Waals surface area (Å²) in [6.45, 7) is 11.7. The van der Waals surface area contributed by atoms with E-state index in [0.29, 0.717) is 56.2 Å². The Hall–Kier alpha value is -2.43. The summed E-state index contributed by atoms with van der Waals surface area (Å²) in [5.41, 5.74) is 2.58. The summed E-state index contributed by atoms with van der Waals surface area (Å²) in [7, 11) is 0. The van der Waals surface area contributed by atoms with Gasteiger partial charge in [-0.2, -0.15) is 0 Å². The molecule has 10 heteroatoms. The third-order valence-electron chi connectivity index (χ3n) is 6.66. The number of rotatable bonds is 16. The molecule has 208 valence electrons. The highest BCUT2D eigenvalue weighted by Crippen LogP contribution is 2.27. The Bertz CT molecular complexity index is 1230. The molecule has 2 aromatic carbocycles. The van der Waals surface area contributed by atoms with E-state index in [0.717, 1.165) is 46.8 Å². The standard InChI is InChI=1S/C28H39ClN4O4S/c1-4-32(5-2)16-17-33(27(35)20(3)37-18-12-21-7-6-8-23(29)19-21)15-14-30-13-11-22-9-10-24(34)25-26(22)38-28(36)31-25/h6-10,19-20,30,34H,4-5,11-18H2,1-3H3,(H,31,36). The number of H-pyrrole nitrogens is 1. The van der Waals surface area contributed by atoms with Gasteiger partial charge in [0, 0.05) is 31.2 Å². The number of benzene rings is 2. The number of hydrogen-bond donors (Lipinski definition) is 3. The van der Waals surface area contributed by atoms with Gasteiger partial charge in [0.05, 0.1) is 11.3 Å². The topological polar surface area (TPSA) is 97.9 Å². The molecule has 0 radical (unpaired) electrons. The number of carbonyl (C=O) groups is 1. The van der Waals surface area contributed by atoms with Crippen LogP contribution >= 0.6 is 22.9 Å². The summed E-state index contributed by atoms with van der Waals surface area (Å²) in [6.07, 6.45) is 0.869. The first kappa shape index (κ1) is 30.1. The number of aromatic nitrogens is 1. The summed E-state index contributed by atoms with van der Waals surface area (Å²) in [4.78, 5) is 31.7. The molecule has 0 spiro atoms. The van der Waals surface area contributed by atoms with Crippen LogP contribution in [0, 0.1) is 0 Å². The van der Waals surface area contributed by atoms with Gasteiger partial charge in [-0.3, -0.25) is 9.59 Å². The molecule has 1 amide bonds. The van der Waals surface area contributed by atoms with Gasteiger partial charge < -0.3 is 29.9 Å². The fraction of sp³-hybridized carbons (Fsp3) is 0.500. The van der Waals surface area contributed by atoms with Gasteiger partial charge in [0.1, 0.15) is 17.4 Å². The van der Waals surface area contributed by atoms with Crippen LogP contribution in [0.4, 0.5) is 0 Å². The highest BCUT2D eigenvalue weighted by molar-refractivity contribution is 7.16. The van der Waals surface area contributed by atoms with Crippen LogP contribution in [-0.4, -0.2) is 84.3 Å². The van der Waals surface area contributed by atoms with E-state index in [2.05, 4.69) is 29.0 Å². The van der Waals surface area contributed by atoms with Crippen LogP contribution in [0.1, 0.15) is 31.9 Å². The first-order valence-corrected chi connectivity index (χ1v) is 14.4. The zero-order valence-corrected chi connectivity index (χ0v) is 24.0. The first-order chi connectivity index (χ1) is 18.3. The average Bonchev–Trinajstić information content (AvgIpc) is 3.31. The second-order valence-electron chi connectivity index (χ2n) is 9.21. The normalized spacial score (nSPS) is 12.3. The molecule has 1 unspecified atom stereocenters. The number of likely N-dealkylation sites (N-methyl/N-ethyl adjacent to an activating group) is 1. The summed E-state index contributed by atoms with van der Waals surface area (Å²) in [6, 6.07) is 11.1. The number of carbonyl (C=O) groups excluding carboxylic acids is 1. The van der Waals surface area contributed by atoms with Crippen LogP contribution in [0.5, 0.6) is 5.75 Å². The predicted molar refractivity (Wildman–Crippen MR) is 156 cm³/mol. The lowest BCUT2D eigenvalue weighted by Gasteiger charge is -2.29. The molecular formula is C28H39ClN4O4S. The highest BCUT2D eigenvalue weighted by atomic mass is 35.5. The quantitative estimate of drug-likeness (QED) is 0.229. The SMILES string of the molecule is CCN(CC)CCN(CCNCCc1ccc(O)c2[nH]c(=O)sc12)C(=O)C(C)OCCc1cccc(Cl)c1. The third kappa shape index (κ3) is 8.81. The maximum Gasteiger partial charge on any atom is 0.305 e. The van der Waals surface area contributed by atoms with Crippen molar-refractivity contribution in [3.05, 3.63) is 62.2 Å². The average molecular weight is 563 g/mol. The van der Waals surface area contributed by atoms with E-state index < -0.39 is 6.10 Å². The molecule has 8 nitrogen and oxygen atoms in total. The lowest BCUT2D eigenvalue weighted by atomic mass is 10.1. The maximum atomic E-state index is 13.3. The number of nitrogens with zero attached hydrogens (tertiary/aromatic N) is 2. The number of phenols is 1. The molecule has 3 aromatic rings. The van der Waals surface area contributed by atoms with Crippen LogP contribution in [0.2, 0.25) is 5.02 Å². The summed E-state index contributed by atoms with van der Waals surface area (Å²) in [5, 5.41) is 14.1. The summed E-state index contributed by atoms with van der Waals surface area (Å²) in [5.74, 6) is 0.0729. The molecule has 1 atom stereocenters. The predicted octanol–water partition coefficient (Wildman–Crippen LogP) is 3.90. The van der Waals surface area contributed by atoms with Gasteiger partial charge in [-0.15, -0.1) is 0 Å². The second kappa shape index (κ2) is 15.2. The molecular weight excluding hydrogens is 524 g/mol. The number of fused-ring (bicyclic) bond motifs is 1. The first-order valence-electron chi connectivity index (χ1n) is 13.2. The van der Waals surface area contributed by atoms with Crippen molar-refractivity contribution in [3.63, 3.8) is 0 Å². The Morgan fingerprint density at radius 1 is 1.13 bits per heavy atom. The fourth-order valence-corrected chi connectivity index (χ4v) is 5.45. The number of ether oxygens (including phenoxy) is 1. The van der Waals surface area contributed by atoms with E-state index in [4.69, 9.17) is 16.3 Å². The second-order valence-corrected chi connectivity index (χ2v) is 10.6. The Labute approximate surface area is 233 Å². The van der Waals surface area contributed by atoms with Crippen LogP contribution in [0.3, 0.4) is 0 Å². The van der Waals surface area contributed by atoms with Crippen molar-refractivity contribution in [3.8, 4) is 5.75 Å². The molecule has 0 bridgehead atoms. The molecule has 1 heterocycles. The van der Waals surface area contributed by atoms with E-state index in [1.807, 2.05) is 42.2 Å². The van der Waals surface area contributed by atoms with Crippen molar-refractivity contribution in [2.45, 2.75) is 39.7 Å². The molecule has 0 aliphatic carbocycles. The van der Waals surface area contributed by atoms with E-state index in [9.17, 15) is 14.7 Å². The largest absolute Gasteiger partial charge is 0.506 e. The van der Waals surface area contributed by atoms with Crippen LogP contribution < -0.4 is 10.2 Å². The number of aromatic amines is 1. The van der Waals surface area contributed by atoms with Crippen molar-refractivity contribution < 1.29 is 14.6 Å². The Morgan fingerprint density at radius 2 is 1.92 bits per heavy atom. The number of thiazole rings is 1. The maximum absolute atomic E-state index is 13.3. The lowest BCUT2D eigenvalue weighted by Crippen LogP contribution is -2.46. The number of hydrogen-bond acceptors (Lipinski definition) is 7. The van der Waals surface area contributed by atoms with Gasteiger partial charge in [0.25, 0.3) is 5.91 Å². The Kier molecular flexibility index (Phi) is 12.1. The van der Waals surface area contributed by atoms with Gasteiger partial charge in [0.15, 0.2) is 0 Å².